The first-order chi connectivity index (χ1) is 14.2. The smallest absolute Gasteiger partial charge is 0.251 e. The fraction of sp³-hybridized carbons (Fsp3) is 0.435. The molecule has 0 saturated carbocycles. The van der Waals surface area contributed by atoms with Gasteiger partial charge in [0, 0.05) is 42.8 Å². The van der Waals surface area contributed by atoms with Gasteiger partial charge < -0.3 is 4.98 Å². The summed E-state index contributed by atoms with van der Waals surface area (Å²) in [7, 11) is 0. The van der Waals surface area contributed by atoms with Crippen molar-refractivity contribution in [3.05, 3.63) is 70.4 Å². The van der Waals surface area contributed by atoms with Gasteiger partial charge in [-0.2, -0.15) is 5.10 Å². The minimum atomic E-state index is -0.0805. The molecule has 1 aliphatic rings. The van der Waals surface area contributed by atoms with Gasteiger partial charge in [-0.1, -0.05) is 31.5 Å². The van der Waals surface area contributed by atoms with Gasteiger partial charge in [-0.05, 0) is 56.0 Å². The topological polar surface area (TPSA) is 66.8 Å². The summed E-state index contributed by atoms with van der Waals surface area (Å²) in [6.45, 7) is 6.26. The molecule has 0 spiro atoms. The summed E-state index contributed by atoms with van der Waals surface area (Å²) < 4.78 is 2.05. The van der Waals surface area contributed by atoms with E-state index in [0.29, 0.717) is 11.7 Å². The van der Waals surface area contributed by atoms with E-state index >= 15 is 0 Å². The molecular weight excluding hydrogens is 362 g/mol. The number of benzene rings is 1. The van der Waals surface area contributed by atoms with Crippen LogP contribution in [0.15, 0.2) is 53.6 Å². The number of likely N-dealkylation sites (tertiary alicyclic amines) is 1. The Bertz CT molecular complexity index is 971. The van der Waals surface area contributed by atoms with E-state index < -0.39 is 0 Å². The summed E-state index contributed by atoms with van der Waals surface area (Å²) >= 11 is 0. The number of H-pyrrole nitrogens is 1. The number of nitrogens with zero attached hydrogens (tertiary/aromatic N) is 4. The minimum absolute atomic E-state index is 0.0805. The molecular formula is C23H29N5O. The van der Waals surface area contributed by atoms with Gasteiger partial charge in [0.2, 0.25) is 0 Å². The number of rotatable bonds is 7. The van der Waals surface area contributed by atoms with Crippen molar-refractivity contribution < 1.29 is 0 Å². The quantitative estimate of drug-likeness (QED) is 0.669. The molecule has 2 aromatic heterocycles. The number of aryl methyl sites for hydroxylation is 1. The maximum atomic E-state index is 12.0. The van der Waals surface area contributed by atoms with Crippen LogP contribution in [0.2, 0.25) is 0 Å². The molecule has 29 heavy (non-hydrogen) atoms. The van der Waals surface area contributed by atoms with Crippen LogP contribution in [-0.2, 0) is 19.5 Å². The molecule has 4 rings (SSSR count). The first-order valence-electron chi connectivity index (χ1n) is 10.6. The van der Waals surface area contributed by atoms with Crippen LogP contribution in [0, 0.1) is 5.92 Å². The van der Waals surface area contributed by atoms with E-state index in [4.69, 9.17) is 0 Å². The van der Waals surface area contributed by atoms with Gasteiger partial charge >= 0.3 is 0 Å². The van der Waals surface area contributed by atoms with E-state index in [1.165, 1.54) is 18.4 Å². The second kappa shape index (κ2) is 9.18. The zero-order valence-electron chi connectivity index (χ0n) is 17.1. The van der Waals surface area contributed by atoms with E-state index in [-0.39, 0.29) is 5.56 Å². The van der Waals surface area contributed by atoms with Crippen LogP contribution in [0.25, 0.3) is 11.4 Å². The molecule has 1 aliphatic heterocycles. The summed E-state index contributed by atoms with van der Waals surface area (Å²) in [5.41, 5.74) is 3.02. The molecule has 3 heterocycles. The highest BCUT2D eigenvalue weighted by Gasteiger charge is 2.20. The zero-order valence-corrected chi connectivity index (χ0v) is 17.1. The number of piperidine rings is 1. The molecule has 1 saturated heterocycles. The molecule has 152 valence electrons. The third kappa shape index (κ3) is 5.21. The molecule has 0 aliphatic carbocycles. The van der Waals surface area contributed by atoms with Gasteiger partial charge in [-0.15, -0.1) is 0 Å². The molecule has 1 N–H and O–H groups in total. The Morgan fingerprint density at radius 2 is 2.03 bits per heavy atom. The second-order valence-electron chi connectivity index (χ2n) is 7.98. The number of hydrogen-bond donors (Lipinski definition) is 1. The zero-order chi connectivity index (χ0) is 20.1. The highest BCUT2D eigenvalue weighted by molar-refractivity contribution is 5.56. The van der Waals surface area contributed by atoms with Crippen molar-refractivity contribution in [1.82, 2.24) is 24.6 Å². The number of aromatic amines is 1. The lowest BCUT2D eigenvalue weighted by molar-refractivity contribution is 0.164. The summed E-state index contributed by atoms with van der Waals surface area (Å²) in [6.07, 6.45) is 8.10. The molecule has 6 heteroatoms. The van der Waals surface area contributed by atoms with Crippen LogP contribution in [0.5, 0.6) is 0 Å². The van der Waals surface area contributed by atoms with Gasteiger partial charge in [0.1, 0.15) is 5.82 Å². The van der Waals surface area contributed by atoms with Crippen LogP contribution in [0.3, 0.4) is 0 Å². The number of nitrogens with one attached hydrogen (secondary N) is 1. The molecule has 0 atom stereocenters. The average molecular weight is 392 g/mol. The summed E-state index contributed by atoms with van der Waals surface area (Å²) in [5, 5.41) is 4.33. The van der Waals surface area contributed by atoms with Crippen molar-refractivity contribution in [1.29, 1.82) is 0 Å². The Morgan fingerprint density at radius 1 is 1.17 bits per heavy atom. The van der Waals surface area contributed by atoms with Gasteiger partial charge in [0.25, 0.3) is 5.56 Å². The molecule has 0 bridgehead atoms. The molecule has 0 radical (unpaired) electrons. The van der Waals surface area contributed by atoms with Gasteiger partial charge in [0.15, 0.2) is 0 Å². The van der Waals surface area contributed by atoms with Crippen LogP contribution in [-0.4, -0.2) is 37.7 Å². The fourth-order valence-corrected chi connectivity index (χ4v) is 4.10. The standard InChI is InChI=1S/C23H29N5O/c1-2-5-21-15-22(29)26-23(25-21)20-7-3-6-19(14-20)16-27-12-8-18(9-13-27)17-28-11-4-10-24-28/h3-4,6-7,10-11,14-15,18H,2,5,8-9,12-13,16-17H2,1H3,(H,25,26,29). The highest BCUT2D eigenvalue weighted by atomic mass is 16.1. The third-order valence-electron chi connectivity index (χ3n) is 5.62. The lowest BCUT2D eigenvalue weighted by Crippen LogP contribution is -2.34. The van der Waals surface area contributed by atoms with Crippen molar-refractivity contribution >= 4 is 0 Å². The highest BCUT2D eigenvalue weighted by Crippen LogP contribution is 2.22. The van der Waals surface area contributed by atoms with Crippen LogP contribution in [0.1, 0.15) is 37.4 Å². The molecule has 3 aromatic rings. The van der Waals surface area contributed by atoms with Gasteiger partial charge in [-0.3, -0.25) is 14.4 Å². The summed E-state index contributed by atoms with van der Waals surface area (Å²) in [6, 6.07) is 12.0. The Kier molecular flexibility index (Phi) is 6.20. The predicted molar refractivity (Wildman–Crippen MR) is 115 cm³/mol. The summed E-state index contributed by atoms with van der Waals surface area (Å²) in [4.78, 5) is 22.1. The maximum Gasteiger partial charge on any atom is 0.251 e. The largest absolute Gasteiger partial charge is 0.307 e. The first-order valence-corrected chi connectivity index (χ1v) is 10.6. The van der Waals surface area contributed by atoms with Crippen LogP contribution >= 0.6 is 0 Å². The minimum Gasteiger partial charge on any atom is -0.307 e. The van der Waals surface area contributed by atoms with Crippen molar-refractivity contribution in [2.24, 2.45) is 5.92 Å². The summed E-state index contributed by atoms with van der Waals surface area (Å²) in [5.74, 6) is 1.37. The normalized spacial score (nSPS) is 15.6. The average Bonchev–Trinajstić information content (AvgIpc) is 3.23. The Hall–Kier alpha value is -2.73. The van der Waals surface area contributed by atoms with Crippen LogP contribution < -0.4 is 5.56 Å². The fourth-order valence-electron chi connectivity index (χ4n) is 4.10. The van der Waals surface area contributed by atoms with E-state index in [1.54, 1.807) is 6.07 Å². The maximum absolute atomic E-state index is 12.0. The SMILES string of the molecule is CCCc1cc(=O)[nH]c(-c2cccc(CN3CCC(Cn4cccn4)CC3)c2)n1. The lowest BCUT2D eigenvalue weighted by atomic mass is 9.96. The Balaban J connectivity index is 1.39. The van der Waals surface area contributed by atoms with Crippen molar-refractivity contribution in [2.75, 3.05) is 13.1 Å². The monoisotopic (exact) mass is 391 g/mol. The van der Waals surface area contributed by atoms with E-state index in [0.717, 1.165) is 50.3 Å². The third-order valence-corrected chi connectivity index (χ3v) is 5.62. The van der Waals surface area contributed by atoms with E-state index in [2.05, 4.69) is 45.1 Å². The van der Waals surface area contributed by atoms with Crippen molar-refractivity contribution in [2.45, 2.75) is 45.7 Å². The lowest BCUT2D eigenvalue weighted by Gasteiger charge is -2.32. The van der Waals surface area contributed by atoms with E-state index in [1.807, 2.05) is 29.2 Å². The molecule has 1 aromatic carbocycles. The van der Waals surface area contributed by atoms with Crippen LogP contribution in [0.4, 0.5) is 0 Å². The first kappa shape index (κ1) is 19.6. The Morgan fingerprint density at radius 3 is 2.79 bits per heavy atom. The molecule has 0 amide bonds. The molecule has 1 fully saturated rings. The molecule has 0 unspecified atom stereocenters. The van der Waals surface area contributed by atoms with Crippen molar-refractivity contribution in [3.8, 4) is 11.4 Å². The Labute approximate surface area is 171 Å². The predicted octanol–water partition coefficient (Wildman–Crippen LogP) is 3.50. The number of hydrogen-bond acceptors (Lipinski definition) is 4. The second-order valence-corrected chi connectivity index (χ2v) is 7.98. The number of aromatic nitrogens is 4. The van der Waals surface area contributed by atoms with Crippen molar-refractivity contribution in [3.63, 3.8) is 0 Å². The molecule has 6 nitrogen and oxygen atoms in total. The van der Waals surface area contributed by atoms with Gasteiger partial charge in [0.05, 0.1) is 0 Å². The van der Waals surface area contributed by atoms with E-state index in [9.17, 15) is 4.79 Å². The van der Waals surface area contributed by atoms with Gasteiger partial charge in [-0.25, -0.2) is 4.98 Å².